The first-order valence-electron chi connectivity index (χ1n) is 9.87. The number of aryl methyl sites for hydroxylation is 1. The molecule has 0 bridgehead atoms. The maximum Gasteiger partial charge on any atom is 0.251 e. The molecule has 1 aromatic heterocycles. The maximum absolute atomic E-state index is 13.0. The zero-order chi connectivity index (χ0) is 20.9. The molecular formula is C21H28N2O4S2. The van der Waals surface area contributed by atoms with Crippen molar-refractivity contribution >= 4 is 27.7 Å². The third kappa shape index (κ3) is 5.65. The van der Waals surface area contributed by atoms with Gasteiger partial charge in [0.1, 0.15) is 5.76 Å². The number of furan rings is 1. The smallest absolute Gasteiger partial charge is 0.251 e. The van der Waals surface area contributed by atoms with Crippen LogP contribution in [0.2, 0.25) is 0 Å². The lowest BCUT2D eigenvalue weighted by atomic mass is 10.0. The predicted molar refractivity (Wildman–Crippen MR) is 116 cm³/mol. The quantitative estimate of drug-likeness (QED) is 0.639. The summed E-state index contributed by atoms with van der Waals surface area (Å²) < 4.78 is 32.8. The van der Waals surface area contributed by atoms with E-state index in [-0.39, 0.29) is 10.8 Å². The van der Waals surface area contributed by atoms with Gasteiger partial charge in [-0.25, -0.2) is 8.42 Å². The van der Waals surface area contributed by atoms with Crippen molar-refractivity contribution in [3.05, 3.63) is 53.5 Å². The van der Waals surface area contributed by atoms with E-state index in [4.69, 9.17) is 4.42 Å². The summed E-state index contributed by atoms with van der Waals surface area (Å²) in [5.41, 5.74) is 1.17. The van der Waals surface area contributed by atoms with Gasteiger partial charge in [-0.3, -0.25) is 4.79 Å². The molecule has 0 aliphatic carbocycles. The lowest BCUT2D eigenvalue weighted by molar-refractivity contribution is 0.0955. The second-order valence-electron chi connectivity index (χ2n) is 7.45. The fourth-order valence-corrected chi connectivity index (χ4v) is 5.53. The van der Waals surface area contributed by atoms with Crippen LogP contribution in [0.1, 0.15) is 41.4 Å². The topological polar surface area (TPSA) is 79.6 Å². The Bertz CT molecular complexity index is 918. The Balaban J connectivity index is 1.59. The lowest BCUT2D eigenvalue weighted by Crippen LogP contribution is -2.38. The van der Waals surface area contributed by atoms with Crippen LogP contribution in [-0.2, 0) is 15.8 Å². The van der Waals surface area contributed by atoms with Gasteiger partial charge in [0.25, 0.3) is 5.91 Å². The first-order valence-corrected chi connectivity index (χ1v) is 12.5. The number of carbonyl (C=O) groups is 1. The fraction of sp³-hybridized carbons (Fsp3) is 0.476. The van der Waals surface area contributed by atoms with E-state index in [1.165, 1.54) is 10.4 Å². The van der Waals surface area contributed by atoms with Gasteiger partial charge in [-0.05, 0) is 55.5 Å². The summed E-state index contributed by atoms with van der Waals surface area (Å²) >= 11 is 1.67. The number of piperidine rings is 1. The Kier molecular flexibility index (Phi) is 7.43. The standard InChI is InChI=1S/C21H28N2O4S2/c1-16-7-10-23(11-8-16)29(25,26)19-6-5-17(2)20(14-19)21(24)22-9-13-28-15-18-4-3-12-27-18/h3-6,12,14,16H,7-11,13,15H2,1-2H3,(H,22,24). The summed E-state index contributed by atoms with van der Waals surface area (Å²) in [4.78, 5) is 12.8. The molecule has 1 aromatic carbocycles. The van der Waals surface area contributed by atoms with E-state index in [1.54, 1.807) is 30.2 Å². The molecule has 29 heavy (non-hydrogen) atoms. The van der Waals surface area contributed by atoms with E-state index >= 15 is 0 Å². The highest BCUT2D eigenvalue weighted by molar-refractivity contribution is 7.98. The molecule has 3 rings (SSSR count). The number of rotatable bonds is 8. The molecular weight excluding hydrogens is 408 g/mol. The molecule has 158 valence electrons. The van der Waals surface area contributed by atoms with Crippen molar-refractivity contribution in [2.24, 2.45) is 5.92 Å². The van der Waals surface area contributed by atoms with E-state index in [2.05, 4.69) is 12.2 Å². The van der Waals surface area contributed by atoms with Crippen LogP contribution in [0.4, 0.5) is 0 Å². The molecule has 1 saturated heterocycles. The zero-order valence-corrected chi connectivity index (χ0v) is 18.5. The Labute approximate surface area is 177 Å². The predicted octanol–water partition coefficient (Wildman–Crippen LogP) is 3.67. The average Bonchev–Trinajstić information content (AvgIpc) is 3.21. The number of hydrogen-bond acceptors (Lipinski definition) is 5. The third-order valence-electron chi connectivity index (χ3n) is 5.19. The van der Waals surface area contributed by atoms with Crippen LogP contribution in [0.15, 0.2) is 45.9 Å². The average molecular weight is 437 g/mol. The van der Waals surface area contributed by atoms with Gasteiger partial charge in [0.2, 0.25) is 10.0 Å². The van der Waals surface area contributed by atoms with E-state index < -0.39 is 10.0 Å². The molecule has 2 aromatic rings. The summed E-state index contributed by atoms with van der Waals surface area (Å²) in [6, 6.07) is 8.59. The molecule has 0 radical (unpaired) electrons. The van der Waals surface area contributed by atoms with E-state index in [9.17, 15) is 13.2 Å². The van der Waals surface area contributed by atoms with Crippen molar-refractivity contribution in [3.8, 4) is 0 Å². The molecule has 8 heteroatoms. The van der Waals surface area contributed by atoms with Crippen LogP contribution in [0, 0.1) is 12.8 Å². The number of nitrogens with zero attached hydrogens (tertiary/aromatic N) is 1. The number of sulfonamides is 1. The second kappa shape index (κ2) is 9.82. The Morgan fingerprint density at radius 3 is 2.72 bits per heavy atom. The second-order valence-corrected chi connectivity index (χ2v) is 10.5. The fourth-order valence-electron chi connectivity index (χ4n) is 3.28. The third-order valence-corrected chi connectivity index (χ3v) is 8.07. The van der Waals surface area contributed by atoms with Gasteiger partial charge in [0, 0.05) is 31.0 Å². The molecule has 0 unspecified atom stereocenters. The van der Waals surface area contributed by atoms with Crippen LogP contribution in [0.25, 0.3) is 0 Å². The van der Waals surface area contributed by atoms with Crippen molar-refractivity contribution in [1.29, 1.82) is 0 Å². The largest absolute Gasteiger partial charge is 0.468 e. The highest BCUT2D eigenvalue weighted by Gasteiger charge is 2.28. The molecule has 2 heterocycles. The first-order chi connectivity index (χ1) is 13.9. The first kappa shape index (κ1) is 21.9. The van der Waals surface area contributed by atoms with Gasteiger partial charge in [0.05, 0.1) is 16.9 Å². The summed E-state index contributed by atoms with van der Waals surface area (Å²) in [5, 5.41) is 2.89. The Morgan fingerprint density at radius 2 is 2.03 bits per heavy atom. The van der Waals surface area contributed by atoms with E-state index in [0.717, 1.165) is 35.7 Å². The van der Waals surface area contributed by atoms with Gasteiger partial charge in [0.15, 0.2) is 0 Å². The lowest BCUT2D eigenvalue weighted by Gasteiger charge is -2.29. The molecule has 0 atom stereocenters. The van der Waals surface area contributed by atoms with Crippen LogP contribution in [0.5, 0.6) is 0 Å². The van der Waals surface area contributed by atoms with Crippen LogP contribution in [-0.4, -0.2) is 44.0 Å². The van der Waals surface area contributed by atoms with Crippen molar-refractivity contribution < 1.29 is 17.6 Å². The van der Waals surface area contributed by atoms with E-state index in [0.29, 0.717) is 31.1 Å². The minimum Gasteiger partial charge on any atom is -0.468 e. The minimum atomic E-state index is -3.57. The van der Waals surface area contributed by atoms with Crippen molar-refractivity contribution in [3.63, 3.8) is 0 Å². The number of thioether (sulfide) groups is 1. The normalized spacial score (nSPS) is 16.1. The van der Waals surface area contributed by atoms with Crippen molar-refractivity contribution in [1.82, 2.24) is 9.62 Å². The van der Waals surface area contributed by atoms with Crippen LogP contribution >= 0.6 is 11.8 Å². The van der Waals surface area contributed by atoms with Gasteiger partial charge < -0.3 is 9.73 Å². The van der Waals surface area contributed by atoms with Crippen molar-refractivity contribution in [2.45, 2.75) is 37.3 Å². The molecule has 1 N–H and O–H groups in total. The number of nitrogens with one attached hydrogen (secondary N) is 1. The molecule has 6 nitrogen and oxygen atoms in total. The summed E-state index contributed by atoms with van der Waals surface area (Å²) in [6.45, 7) is 5.53. The summed E-state index contributed by atoms with van der Waals surface area (Å²) in [6.07, 6.45) is 3.38. The number of benzene rings is 1. The number of amides is 1. The molecule has 1 amide bonds. The molecule has 1 aliphatic rings. The van der Waals surface area contributed by atoms with E-state index in [1.807, 2.05) is 19.1 Å². The van der Waals surface area contributed by atoms with Gasteiger partial charge in [-0.15, -0.1) is 0 Å². The number of carbonyl (C=O) groups excluding carboxylic acids is 1. The number of hydrogen-bond donors (Lipinski definition) is 1. The highest BCUT2D eigenvalue weighted by atomic mass is 32.2. The molecule has 0 saturated carbocycles. The van der Waals surface area contributed by atoms with Crippen LogP contribution in [0.3, 0.4) is 0 Å². The Hall–Kier alpha value is -1.77. The minimum absolute atomic E-state index is 0.190. The highest BCUT2D eigenvalue weighted by Crippen LogP contribution is 2.25. The molecule has 0 spiro atoms. The SMILES string of the molecule is Cc1ccc(S(=O)(=O)N2CCC(C)CC2)cc1C(=O)NCCSCc1ccco1. The maximum atomic E-state index is 13.0. The molecule has 1 fully saturated rings. The van der Waals surface area contributed by atoms with Gasteiger partial charge >= 0.3 is 0 Å². The summed E-state index contributed by atoms with van der Waals surface area (Å²) in [5.74, 6) is 2.71. The van der Waals surface area contributed by atoms with Crippen molar-refractivity contribution in [2.75, 3.05) is 25.4 Å². The van der Waals surface area contributed by atoms with Crippen LogP contribution < -0.4 is 5.32 Å². The van der Waals surface area contributed by atoms with Gasteiger partial charge in [-0.2, -0.15) is 16.1 Å². The molecule has 1 aliphatic heterocycles. The Morgan fingerprint density at radius 1 is 1.28 bits per heavy atom. The summed E-state index contributed by atoms with van der Waals surface area (Å²) in [7, 11) is -3.57. The monoisotopic (exact) mass is 436 g/mol. The van der Waals surface area contributed by atoms with Gasteiger partial charge in [-0.1, -0.05) is 13.0 Å². The zero-order valence-electron chi connectivity index (χ0n) is 16.9.